The van der Waals surface area contributed by atoms with E-state index in [-0.39, 0.29) is 5.56 Å². The molecule has 0 fully saturated rings. The molecule has 0 atom stereocenters. The third kappa shape index (κ3) is 5.49. The minimum atomic E-state index is -4.54. The summed E-state index contributed by atoms with van der Waals surface area (Å²) >= 11 is 5.70. The maximum atomic E-state index is 12.8. The number of hydrogen-bond acceptors (Lipinski definition) is 3. The Hall–Kier alpha value is -2.54. The Morgan fingerprint density at radius 3 is 2.32 bits per heavy atom. The van der Waals surface area contributed by atoms with Gasteiger partial charge in [-0.25, -0.2) is 0 Å². The first-order chi connectivity index (χ1) is 11.8. The van der Waals surface area contributed by atoms with Gasteiger partial charge < -0.3 is 10.1 Å². The number of hydrogen-bond donors (Lipinski definition) is 1. The lowest BCUT2D eigenvalue weighted by molar-refractivity contribution is -0.146. The van der Waals surface area contributed by atoms with E-state index in [4.69, 9.17) is 16.3 Å². The molecule has 0 aliphatic rings. The van der Waals surface area contributed by atoms with Crippen LogP contribution >= 0.6 is 11.6 Å². The topological polar surface area (TPSA) is 55.4 Å². The highest BCUT2D eigenvalue weighted by atomic mass is 35.5. The molecule has 4 nitrogen and oxygen atoms in total. The van der Waals surface area contributed by atoms with Gasteiger partial charge in [-0.3, -0.25) is 9.59 Å². The molecule has 2 aromatic carbocycles. The van der Waals surface area contributed by atoms with Crippen LogP contribution in [-0.4, -0.2) is 18.4 Å². The summed E-state index contributed by atoms with van der Waals surface area (Å²) in [6.07, 6.45) is -4.54. The van der Waals surface area contributed by atoms with Crippen LogP contribution in [-0.2, 0) is 22.3 Å². The molecular weight excluding hydrogens is 359 g/mol. The monoisotopic (exact) mass is 371 g/mol. The number of benzene rings is 2. The summed E-state index contributed by atoms with van der Waals surface area (Å²) in [6, 6.07) is 10.8. The number of halogens is 4. The molecule has 2 rings (SSSR count). The Labute approximate surface area is 146 Å². The van der Waals surface area contributed by atoms with Gasteiger partial charge in [-0.05, 0) is 30.3 Å². The molecule has 0 aromatic heterocycles. The number of nitrogens with one attached hydrogen (secondary N) is 1. The van der Waals surface area contributed by atoms with Gasteiger partial charge in [0.1, 0.15) is 13.2 Å². The van der Waals surface area contributed by atoms with Crippen molar-refractivity contribution in [1.82, 2.24) is 5.32 Å². The zero-order valence-corrected chi connectivity index (χ0v) is 13.5. The molecule has 0 aliphatic heterocycles. The van der Waals surface area contributed by atoms with Crippen LogP contribution in [0.15, 0.2) is 48.5 Å². The molecule has 0 spiro atoms. The van der Waals surface area contributed by atoms with Crippen molar-refractivity contribution in [2.24, 2.45) is 0 Å². The number of amides is 1. The predicted octanol–water partition coefficient (Wildman–Crippen LogP) is 3.83. The summed E-state index contributed by atoms with van der Waals surface area (Å²) in [5, 5.41) is 2.78. The van der Waals surface area contributed by atoms with Crippen LogP contribution in [0.2, 0.25) is 5.02 Å². The van der Waals surface area contributed by atoms with Crippen molar-refractivity contribution in [2.75, 3.05) is 6.54 Å². The van der Waals surface area contributed by atoms with Crippen molar-refractivity contribution in [3.63, 3.8) is 0 Å². The number of carbonyl (C=O) groups is 2. The Balaban J connectivity index is 1.87. The van der Waals surface area contributed by atoms with Crippen LogP contribution in [0.1, 0.15) is 21.5 Å². The van der Waals surface area contributed by atoms with Crippen molar-refractivity contribution in [2.45, 2.75) is 12.8 Å². The standard InChI is InChI=1S/C17H13ClF3NO3/c18-13-7-5-11(6-8-13)16(24)22-9-15(23)25-10-12-3-1-2-4-14(12)17(19,20)21/h1-8H,9-10H2,(H,22,24). The Kier molecular flexibility index (Phi) is 6.03. The highest BCUT2D eigenvalue weighted by Gasteiger charge is 2.33. The average Bonchev–Trinajstić information content (AvgIpc) is 2.58. The van der Waals surface area contributed by atoms with E-state index in [1.807, 2.05) is 0 Å². The zero-order chi connectivity index (χ0) is 18.4. The second kappa shape index (κ2) is 8.02. The lowest BCUT2D eigenvalue weighted by Gasteiger charge is -2.13. The van der Waals surface area contributed by atoms with Gasteiger partial charge in [-0.2, -0.15) is 13.2 Å². The first-order valence-corrected chi connectivity index (χ1v) is 7.49. The molecule has 0 bridgehead atoms. The van der Waals surface area contributed by atoms with E-state index in [9.17, 15) is 22.8 Å². The van der Waals surface area contributed by atoms with Crippen LogP contribution in [0, 0.1) is 0 Å². The van der Waals surface area contributed by atoms with Gasteiger partial charge in [0.15, 0.2) is 0 Å². The van der Waals surface area contributed by atoms with Crippen LogP contribution in [0.3, 0.4) is 0 Å². The van der Waals surface area contributed by atoms with Crippen molar-refractivity contribution >= 4 is 23.5 Å². The number of esters is 1. The molecule has 2 aromatic rings. The normalized spacial score (nSPS) is 11.0. The molecule has 0 heterocycles. The van der Waals surface area contributed by atoms with Crippen LogP contribution in [0.4, 0.5) is 13.2 Å². The summed E-state index contributed by atoms with van der Waals surface area (Å²) in [5.41, 5.74) is -0.736. The van der Waals surface area contributed by atoms with Crippen molar-refractivity contribution < 1.29 is 27.5 Å². The Morgan fingerprint density at radius 1 is 1.04 bits per heavy atom. The second-order valence-electron chi connectivity index (χ2n) is 5.01. The van der Waals surface area contributed by atoms with E-state index in [0.29, 0.717) is 10.6 Å². The van der Waals surface area contributed by atoms with Gasteiger partial charge >= 0.3 is 12.1 Å². The highest BCUT2D eigenvalue weighted by Crippen LogP contribution is 2.32. The maximum absolute atomic E-state index is 12.8. The fourth-order valence-electron chi connectivity index (χ4n) is 1.99. The van der Waals surface area contributed by atoms with E-state index in [0.717, 1.165) is 6.07 Å². The first kappa shape index (κ1) is 18.8. The molecule has 1 N–H and O–H groups in total. The molecule has 132 valence electrons. The van der Waals surface area contributed by atoms with Gasteiger partial charge in [0.2, 0.25) is 0 Å². The minimum Gasteiger partial charge on any atom is -0.459 e. The van der Waals surface area contributed by atoms with E-state index < -0.39 is 36.8 Å². The molecule has 0 radical (unpaired) electrons. The molecule has 0 unspecified atom stereocenters. The summed E-state index contributed by atoms with van der Waals surface area (Å²) in [4.78, 5) is 23.4. The second-order valence-corrected chi connectivity index (χ2v) is 5.44. The van der Waals surface area contributed by atoms with Crippen molar-refractivity contribution in [1.29, 1.82) is 0 Å². The van der Waals surface area contributed by atoms with Crippen LogP contribution < -0.4 is 5.32 Å². The molecular formula is C17H13ClF3NO3. The fourth-order valence-corrected chi connectivity index (χ4v) is 2.11. The third-order valence-corrected chi connectivity index (χ3v) is 3.46. The maximum Gasteiger partial charge on any atom is 0.416 e. The predicted molar refractivity (Wildman–Crippen MR) is 85.0 cm³/mol. The average molecular weight is 372 g/mol. The largest absolute Gasteiger partial charge is 0.459 e. The molecule has 0 saturated heterocycles. The number of ether oxygens (including phenoxy) is 1. The van der Waals surface area contributed by atoms with Crippen molar-refractivity contribution in [3.8, 4) is 0 Å². The van der Waals surface area contributed by atoms with Crippen LogP contribution in [0.25, 0.3) is 0 Å². The fraction of sp³-hybridized carbons (Fsp3) is 0.176. The van der Waals surface area contributed by atoms with E-state index >= 15 is 0 Å². The number of carbonyl (C=O) groups excluding carboxylic acids is 2. The smallest absolute Gasteiger partial charge is 0.416 e. The third-order valence-electron chi connectivity index (χ3n) is 3.21. The molecule has 1 amide bonds. The first-order valence-electron chi connectivity index (χ1n) is 7.12. The number of alkyl halides is 3. The lowest BCUT2D eigenvalue weighted by Crippen LogP contribution is -2.30. The van der Waals surface area contributed by atoms with E-state index in [1.54, 1.807) is 0 Å². The SMILES string of the molecule is O=C(CNC(=O)c1ccc(Cl)cc1)OCc1ccccc1C(F)(F)F. The highest BCUT2D eigenvalue weighted by molar-refractivity contribution is 6.30. The molecule has 0 saturated carbocycles. The van der Waals surface area contributed by atoms with E-state index in [1.165, 1.54) is 42.5 Å². The molecule has 0 aliphatic carbocycles. The number of rotatable bonds is 5. The van der Waals surface area contributed by atoms with Crippen LogP contribution in [0.5, 0.6) is 0 Å². The van der Waals surface area contributed by atoms with Gasteiger partial charge in [-0.15, -0.1) is 0 Å². The van der Waals surface area contributed by atoms with E-state index in [2.05, 4.69) is 5.32 Å². The Morgan fingerprint density at radius 2 is 1.68 bits per heavy atom. The Bertz CT molecular complexity index is 760. The van der Waals surface area contributed by atoms with Gasteiger partial charge in [0, 0.05) is 16.1 Å². The lowest BCUT2D eigenvalue weighted by atomic mass is 10.1. The van der Waals surface area contributed by atoms with Gasteiger partial charge in [-0.1, -0.05) is 29.8 Å². The van der Waals surface area contributed by atoms with Crippen molar-refractivity contribution in [3.05, 3.63) is 70.2 Å². The summed E-state index contributed by atoms with van der Waals surface area (Å²) in [5.74, 6) is -1.37. The minimum absolute atomic E-state index is 0.160. The van der Waals surface area contributed by atoms with Gasteiger partial charge in [0.05, 0.1) is 5.56 Å². The summed E-state index contributed by atoms with van der Waals surface area (Å²) in [7, 11) is 0. The summed E-state index contributed by atoms with van der Waals surface area (Å²) in [6.45, 7) is -0.999. The molecule has 25 heavy (non-hydrogen) atoms. The quantitative estimate of drug-likeness (QED) is 0.813. The summed E-state index contributed by atoms with van der Waals surface area (Å²) < 4.78 is 43.3. The molecule has 8 heteroatoms. The zero-order valence-electron chi connectivity index (χ0n) is 12.8. The van der Waals surface area contributed by atoms with Gasteiger partial charge in [0.25, 0.3) is 5.91 Å².